The molecule has 7 nitrogen and oxygen atoms in total. The van der Waals surface area contributed by atoms with Crippen molar-refractivity contribution in [3.8, 4) is 16.9 Å². The zero-order chi connectivity index (χ0) is 24.9. The van der Waals surface area contributed by atoms with Crippen molar-refractivity contribution in [1.82, 2.24) is 9.80 Å². The smallest absolute Gasteiger partial charge is 0.409 e. The van der Waals surface area contributed by atoms with Crippen LogP contribution in [0.5, 0.6) is 5.75 Å². The molecule has 0 spiro atoms. The molecule has 4 rings (SSSR count). The highest BCUT2D eigenvalue weighted by molar-refractivity contribution is 6.30. The first-order valence-corrected chi connectivity index (χ1v) is 12.1. The lowest BCUT2D eigenvalue weighted by Crippen LogP contribution is -2.50. The van der Waals surface area contributed by atoms with Crippen LogP contribution in [0, 0.1) is 0 Å². The van der Waals surface area contributed by atoms with Crippen molar-refractivity contribution in [2.45, 2.75) is 20.8 Å². The quantitative estimate of drug-likeness (QED) is 0.400. The van der Waals surface area contributed by atoms with Crippen molar-refractivity contribution in [2.75, 3.05) is 39.4 Å². The summed E-state index contributed by atoms with van der Waals surface area (Å²) in [6.07, 6.45) is 3.02. The van der Waals surface area contributed by atoms with Crippen LogP contribution >= 0.6 is 11.6 Å². The third kappa shape index (κ3) is 5.46. The largest absolute Gasteiger partial charge is 0.493 e. The van der Waals surface area contributed by atoms with E-state index in [1.165, 1.54) is 0 Å². The molecule has 1 aliphatic rings. The van der Waals surface area contributed by atoms with Crippen LogP contribution in [0.3, 0.4) is 0 Å². The molecule has 0 atom stereocenters. The maximum Gasteiger partial charge on any atom is 0.409 e. The molecule has 1 saturated heterocycles. The monoisotopic (exact) mass is 496 g/mol. The number of benzene rings is 2. The number of hydrogen-bond acceptors (Lipinski definition) is 5. The molecule has 0 N–H and O–H groups in total. The van der Waals surface area contributed by atoms with Gasteiger partial charge in [0.25, 0.3) is 0 Å². The highest BCUT2D eigenvalue weighted by atomic mass is 35.5. The molecule has 3 aromatic rings. The summed E-state index contributed by atoms with van der Waals surface area (Å²) >= 11 is 6.05. The third-order valence-electron chi connectivity index (χ3n) is 6.01. The maximum atomic E-state index is 13.0. The van der Waals surface area contributed by atoms with Gasteiger partial charge in [-0.3, -0.25) is 4.79 Å². The number of allylic oxidation sites excluding steroid dienone is 1. The lowest BCUT2D eigenvalue weighted by Gasteiger charge is -2.33. The molecule has 1 fully saturated rings. The van der Waals surface area contributed by atoms with Crippen LogP contribution in [-0.4, -0.2) is 61.2 Å². The first-order chi connectivity index (χ1) is 16.9. The summed E-state index contributed by atoms with van der Waals surface area (Å²) < 4.78 is 16.8. The summed E-state index contributed by atoms with van der Waals surface area (Å²) in [7, 11) is 0. The van der Waals surface area contributed by atoms with Crippen molar-refractivity contribution in [3.05, 3.63) is 59.3 Å². The Labute approximate surface area is 209 Å². The number of hydrogen-bond donors (Lipinski definition) is 0. The van der Waals surface area contributed by atoms with Crippen LogP contribution in [0.25, 0.3) is 27.7 Å². The van der Waals surface area contributed by atoms with E-state index >= 15 is 0 Å². The summed E-state index contributed by atoms with van der Waals surface area (Å²) in [5.41, 5.74) is 4.25. The predicted molar refractivity (Wildman–Crippen MR) is 137 cm³/mol. The normalized spacial score (nSPS) is 14.3. The minimum absolute atomic E-state index is 0.0985. The van der Waals surface area contributed by atoms with Gasteiger partial charge in [0.2, 0.25) is 5.91 Å². The van der Waals surface area contributed by atoms with Crippen LogP contribution in [0.15, 0.2) is 53.2 Å². The van der Waals surface area contributed by atoms with E-state index in [2.05, 4.69) is 0 Å². The number of carbonyl (C=O) groups excluding carboxylic acids is 2. The van der Waals surface area contributed by atoms with E-state index in [0.29, 0.717) is 55.7 Å². The number of halogens is 1. The molecule has 35 heavy (non-hydrogen) atoms. The van der Waals surface area contributed by atoms with Crippen molar-refractivity contribution >= 4 is 40.1 Å². The molecule has 2 amide bonds. The Balaban J connectivity index is 1.60. The number of ether oxygens (including phenoxy) is 2. The van der Waals surface area contributed by atoms with Gasteiger partial charge in [0.1, 0.15) is 11.3 Å². The molecule has 1 aliphatic heterocycles. The molecule has 2 aromatic carbocycles. The van der Waals surface area contributed by atoms with Gasteiger partial charge >= 0.3 is 6.09 Å². The van der Waals surface area contributed by atoms with Gasteiger partial charge in [-0.1, -0.05) is 23.7 Å². The van der Waals surface area contributed by atoms with Crippen molar-refractivity contribution < 1.29 is 23.5 Å². The lowest BCUT2D eigenvalue weighted by atomic mass is 9.99. The number of amides is 2. The van der Waals surface area contributed by atoms with E-state index in [1.54, 1.807) is 29.1 Å². The Hall–Kier alpha value is -3.45. The number of furan rings is 1. The molecule has 0 saturated carbocycles. The number of piperazine rings is 1. The molecule has 8 heteroatoms. The van der Waals surface area contributed by atoms with Crippen LogP contribution in [0.1, 0.15) is 26.3 Å². The first kappa shape index (κ1) is 24.7. The van der Waals surface area contributed by atoms with Crippen LogP contribution < -0.4 is 4.74 Å². The van der Waals surface area contributed by atoms with E-state index in [1.807, 2.05) is 50.2 Å². The Morgan fingerprint density at radius 2 is 1.71 bits per heavy atom. The van der Waals surface area contributed by atoms with Crippen LogP contribution in [-0.2, 0) is 9.53 Å². The number of fused-ring (bicyclic) bond motifs is 1. The summed E-state index contributed by atoms with van der Waals surface area (Å²) in [5.74, 6) is 0.560. The van der Waals surface area contributed by atoms with Gasteiger partial charge in [-0.2, -0.15) is 0 Å². The van der Waals surface area contributed by atoms with E-state index in [0.717, 1.165) is 27.6 Å². The topological polar surface area (TPSA) is 72.2 Å². The standard InChI is InChI=1S/C27H29ClN2O5/c1-4-33-24-16-25-22(23(17-35-25)19-6-8-20(28)9-7-19)15-21(24)18(3)14-26(31)29-10-12-30(13-11-29)27(32)34-5-2/h6-9,14-17H,4-5,10-13H2,1-3H3/b18-14+. The summed E-state index contributed by atoms with van der Waals surface area (Å²) in [6, 6.07) is 11.5. The van der Waals surface area contributed by atoms with E-state index < -0.39 is 0 Å². The number of carbonyl (C=O) groups is 2. The third-order valence-corrected chi connectivity index (χ3v) is 6.26. The summed E-state index contributed by atoms with van der Waals surface area (Å²) in [4.78, 5) is 28.3. The minimum Gasteiger partial charge on any atom is -0.493 e. The van der Waals surface area contributed by atoms with Gasteiger partial charge in [0, 0.05) is 59.9 Å². The highest BCUT2D eigenvalue weighted by Crippen LogP contribution is 2.37. The second-order valence-electron chi connectivity index (χ2n) is 8.27. The fourth-order valence-corrected chi connectivity index (χ4v) is 4.30. The molecular weight excluding hydrogens is 468 g/mol. The van der Waals surface area contributed by atoms with Crippen LogP contribution in [0.4, 0.5) is 4.79 Å². The summed E-state index contributed by atoms with van der Waals surface area (Å²) in [6.45, 7) is 8.24. The molecular formula is C27H29ClN2O5. The maximum absolute atomic E-state index is 13.0. The SMILES string of the molecule is CCOC(=O)N1CCN(C(=O)/C=C(\C)c2cc3c(-c4ccc(Cl)cc4)coc3cc2OCC)CC1. The lowest BCUT2D eigenvalue weighted by molar-refractivity contribution is -0.127. The van der Waals surface area contributed by atoms with Crippen LogP contribution in [0.2, 0.25) is 5.02 Å². The Bertz CT molecular complexity index is 1240. The van der Waals surface area contributed by atoms with Gasteiger partial charge in [-0.15, -0.1) is 0 Å². The molecule has 0 aliphatic carbocycles. The van der Waals surface area contributed by atoms with Gasteiger partial charge in [0.15, 0.2) is 0 Å². The van der Waals surface area contributed by atoms with E-state index in [9.17, 15) is 9.59 Å². The van der Waals surface area contributed by atoms with Crippen molar-refractivity contribution in [1.29, 1.82) is 0 Å². The molecule has 1 aromatic heterocycles. The fourth-order valence-electron chi connectivity index (χ4n) is 4.17. The summed E-state index contributed by atoms with van der Waals surface area (Å²) in [5, 5.41) is 1.59. The first-order valence-electron chi connectivity index (χ1n) is 11.7. The number of rotatable bonds is 6. The fraction of sp³-hybridized carbons (Fsp3) is 0.333. The molecule has 184 valence electrons. The Morgan fingerprint density at radius 1 is 1.03 bits per heavy atom. The zero-order valence-corrected chi connectivity index (χ0v) is 20.9. The molecule has 0 radical (unpaired) electrons. The Kier molecular flexibility index (Phi) is 7.66. The highest BCUT2D eigenvalue weighted by Gasteiger charge is 2.24. The van der Waals surface area contributed by atoms with Gasteiger partial charge in [-0.05, 0) is 50.1 Å². The van der Waals surface area contributed by atoms with Crippen molar-refractivity contribution in [2.24, 2.45) is 0 Å². The predicted octanol–water partition coefficient (Wildman–Crippen LogP) is 5.86. The van der Waals surface area contributed by atoms with Crippen molar-refractivity contribution in [3.63, 3.8) is 0 Å². The van der Waals surface area contributed by atoms with Gasteiger partial charge in [0.05, 0.1) is 19.5 Å². The number of nitrogens with zero attached hydrogens (tertiary/aromatic N) is 2. The van der Waals surface area contributed by atoms with Gasteiger partial charge in [-0.25, -0.2) is 4.79 Å². The Morgan fingerprint density at radius 3 is 2.37 bits per heavy atom. The average Bonchev–Trinajstić information content (AvgIpc) is 3.27. The molecule has 0 bridgehead atoms. The molecule has 0 unspecified atom stereocenters. The van der Waals surface area contributed by atoms with E-state index in [4.69, 9.17) is 25.5 Å². The average molecular weight is 497 g/mol. The second-order valence-corrected chi connectivity index (χ2v) is 8.71. The van der Waals surface area contributed by atoms with E-state index in [-0.39, 0.29) is 12.0 Å². The minimum atomic E-state index is -0.336. The second kappa shape index (κ2) is 10.9. The zero-order valence-electron chi connectivity index (χ0n) is 20.2. The molecule has 2 heterocycles. The van der Waals surface area contributed by atoms with Gasteiger partial charge < -0.3 is 23.7 Å².